The van der Waals surface area contributed by atoms with E-state index in [-0.39, 0.29) is 19.0 Å². The van der Waals surface area contributed by atoms with Gasteiger partial charge in [-0.25, -0.2) is 9.97 Å². The molecule has 0 aromatic carbocycles. The summed E-state index contributed by atoms with van der Waals surface area (Å²) in [5.41, 5.74) is 7.11. The molecule has 1 aliphatic rings. The second-order valence-electron chi connectivity index (χ2n) is 6.85. The van der Waals surface area contributed by atoms with Gasteiger partial charge in [-0.2, -0.15) is 0 Å². The number of aliphatic hydroxyl groups is 2. The van der Waals surface area contributed by atoms with Crippen LogP contribution in [-0.4, -0.2) is 76.1 Å². The van der Waals surface area contributed by atoms with Crippen LogP contribution in [0.1, 0.15) is 31.5 Å². The number of hydrogen-bond acceptors (Lipinski definition) is 11. The maximum Gasteiger partial charge on any atom is 0.356 e. The standard InChI is InChI=1S/C18H28N5O7P/c1-5-28-31(26,29-6-2)9-27-18-14(25)13(24)17(30-18)23-8-11(7-20-4)12-15(19)21-10(3)22-16(12)23/h7-8,13-14,17-18,24-25H,5-6,9H2,1-4H3,(H2,19,21,22)/t13-,14+,17-,18+/m1/s1. The van der Waals surface area contributed by atoms with Crippen molar-refractivity contribution in [1.29, 1.82) is 0 Å². The third-order valence-corrected chi connectivity index (χ3v) is 6.39. The minimum absolute atomic E-state index is 0.164. The number of aromatic nitrogens is 3. The first-order valence-electron chi connectivity index (χ1n) is 9.82. The Bertz CT molecular complexity index is 987. The predicted octanol–water partition coefficient (Wildman–Crippen LogP) is 1.19. The van der Waals surface area contributed by atoms with Gasteiger partial charge < -0.3 is 39.0 Å². The number of nitrogens with two attached hydrogens (primary N) is 1. The number of anilines is 1. The summed E-state index contributed by atoms with van der Waals surface area (Å²) in [5.74, 6) is 0.686. The van der Waals surface area contributed by atoms with E-state index >= 15 is 0 Å². The van der Waals surface area contributed by atoms with Crippen LogP contribution in [0.2, 0.25) is 0 Å². The average Bonchev–Trinajstić information content (AvgIpc) is 3.19. The molecule has 0 bridgehead atoms. The Morgan fingerprint density at radius 1 is 1.29 bits per heavy atom. The molecule has 3 heterocycles. The Kier molecular flexibility index (Phi) is 7.43. The maximum absolute atomic E-state index is 12.6. The van der Waals surface area contributed by atoms with Gasteiger partial charge in [0, 0.05) is 25.0 Å². The molecule has 0 radical (unpaired) electrons. The van der Waals surface area contributed by atoms with Crippen LogP contribution in [0.3, 0.4) is 0 Å². The highest BCUT2D eigenvalue weighted by atomic mass is 31.2. The fourth-order valence-electron chi connectivity index (χ4n) is 3.42. The normalized spacial score (nSPS) is 24.6. The fourth-order valence-corrected chi connectivity index (χ4v) is 4.76. The minimum atomic E-state index is -3.52. The summed E-state index contributed by atoms with van der Waals surface area (Å²) in [4.78, 5) is 12.6. The van der Waals surface area contributed by atoms with Crippen molar-refractivity contribution in [2.45, 2.75) is 45.5 Å². The average molecular weight is 457 g/mol. The topological polar surface area (TPSA) is 164 Å². The van der Waals surface area contributed by atoms with Crippen LogP contribution < -0.4 is 5.73 Å². The Labute approximate surface area is 179 Å². The van der Waals surface area contributed by atoms with E-state index in [1.54, 1.807) is 44.8 Å². The third kappa shape index (κ3) is 4.80. The number of aliphatic imine (C=N–C) groups is 1. The lowest BCUT2D eigenvalue weighted by Gasteiger charge is -2.20. The van der Waals surface area contributed by atoms with Gasteiger partial charge in [0.15, 0.2) is 18.9 Å². The van der Waals surface area contributed by atoms with Gasteiger partial charge in [-0.1, -0.05) is 0 Å². The van der Waals surface area contributed by atoms with Crippen molar-refractivity contribution in [3.8, 4) is 0 Å². The lowest BCUT2D eigenvalue weighted by Crippen LogP contribution is -2.33. The SMILES string of the molecule is CCOP(=O)(CO[C@H]1O[C@@H](n2cc(C=NC)c3c(N)nc(C)nc32)[C@H](O)[C@@H]1O)OCC. The van der Waals surface area contributed by atoms with Gasteiger partial charge in [-0.3, -0.25) is 9.56 Å². The number of rotatable bonds is 9. The molecular formula is C18H28N5O7P. The third-order valence-electron chi connectivity index (χ3n) is 4.63. The summed E-state index contributed by atoms with van der Waals surface area (Å²) < 4.78 is 35.8. The molecule has 0 aliphatic carbocycles. The highest BCUT2D eigenvalue weighted by Crippen LogP contribution is 2.49. The van der Waals surface area contributed by atoms with E-state index in [1.165, 1.54) is 0 Å². The van der Waals surface area contributed by atoms with Crippen LogP contribution in [0.15, 0.2) is 11.2 Å². The van der Waals surface area contributed by atoms with Crippen molar-refractivity contribution >= 4 is 30.7 Å². The molecular weight excluding hydrogens is 429 g/mol. The summed E-state index contributed by atoms with van der Waals surface area (Å²) in [7, 11) is -1.91. The second kappa shape index (κ2) is 9.70. The monoisotopic (exact) mass is 457 g/mol. The zero-order valence-electron chi connectivity index (χ0n) is 17.8. The first kappa shape index (κ1) is 23.7. The smallest absolute Gasteiger partial charge is 0.356 e. The van der Waals surface area contributed by atoms with Crippen LogP contribution in [0, 0.1) is 6.92 Å². The fraction of sp³-hybridized carbons (Fsp3) is 0.611. The molecule has 0 spiro atoms. The zero-order chi connectivity index (χ0) is 22.8. The van der Waals surface area contributed by atoms with E-state index in [4.69, 9.17) is 24.3 Å². The number of aryl methyl sites for hydroxylation is 1. The summed E-state index contributed by atoms with van der Waals surface area (Å²) in [6.07, 6.45) is -2.30. The molecule has 1 saturated heterocycles. The quantitative estimate of drug-likeness (QED) is 0.368. The Hall–Kier alpha value is -1.92. The molecule has 13 heteroatoms. The molecule has 0 saturated carbocycles. The molecule has 0 amide bonds. The summed E-state index contributed by atoms with van der Waals surface area (Å²) in [5, 5.41) is 21.7. The lowest BCUT2D eigenvalue weighted by atomic mass is 10.2. The minimum Gasteiger partial charge on any atom is -0.385 e. The van der Waals surface area contributed by atoms with Gasteiger partial charge in [-0.05, 0) is 20.8 Å². The molecule has 4 atom stereocenters. The number of ether oxygens (including phenoxy) is 2. The van der Waals surface area contributed by atoms with E-state index in [1.807, 2.05) is 0 Å². The molecule has 2 aromatic heterocycles. The van der Waals surface area contributed by atoms with Crippen LogP contribution in [-0.2, 0) is 23.1 Å². The number of fused-ring (bicyclic) bond motifs is 1. The Morgan fingerprint density at radius 2 is 1.97 bits per heavy atom. The van der Waals surface area contributed by atoms with E-state index in [0.29, 0.717) is 22.4 Å². The van der Waals surface area contributed by atoms with Crippen molar-refractivity contribution in [3.05, 3.63) is 17.6 Å². The van der Waals surface area contributed by atoms with E-state index in [9.17, 15) is 14.8 Å². The predicted molar refractivity (Wildman–Crippen MR) is 113 cm³/mol. The van der Waals surface area contributed by atoms with Crippen LogP contribution >= 0.6 is 7.60 Å². The number of hydrogen-bond donors (Lipinski definition) is 3. The largest absolute Gasteiger partial charge is 0.385 e. The van der Waals surface area contributed by atoms with Gasteiger partial charge in [0.2, 0.25) is 0 Å². The maximum atomic E-state index is 12.6. The number of nitrogen functional groups attached to an aromatic ring is 1. The highest BCUT2D eigenvalue weighted by molar-refractivity contribution is 7.53. The van der Waals surface area contributed by atoms with E-state index < -0.39 is 38.7 Å². The van der Waals surface area contributed by atoms with Gasteiger partial charge >= 0.3 is 7.60 Å². The molecule has 3 rings (SSSR count). The number of nitrogens with zero attached hydrogens (tertiary/aromatic N) is 4. The molecule has 4 N–H and O–H groups in total. The van der Waals surface area contributed by atoms with Crippen molar-refractivity contribution in [2.75, 3.05) is 32.3 Å². The molecule has 1 aliphatic heterocycles. The molecule has 31 heavy (non-hydrogen) atoms. The molecule has 2 aromatic rings. The zero-order valence-corrected chi connectivity index (χ0v) is 18.7. The van der Waals surface area contributed by atoms with Gasteiger partial charge in [0.25, 0.3) is 0 Å². The Morgan fingerprint density at radius 3 is 2.58 bits per heavy atom. The lowest BCUT2D eigenvalue weighted by molar-refractivity contribution is -0.168. The number of aliphatic hydroxyl groups excluding tert-OH is 2. The van der Waals surface area contributed by atoms with Gasteiger partial charge in [0.1, 0.15) is 29.5 Å². The highest BCUT2D eigenvalue weighted by Gasteiger charge is 2.46. The summed E-state index contributed by atoms with van der Waals surface area (Å²) in [6, 6.07) is 0. The molecule has 12 nitrogen and oxygen atoms in total. The molecule has 0 unspecified atom stereocenters. The first-order valence-corrected chi connectivity index (χ1v) is 11.6. The molecule has 1 fully saturated rings. The summed E-state index contributed by atoms with van der Waals surface area (Å²) >= 11 is 0. The second-order valence-corrected chi connectivity index (χ2v) is 8.85. The van der Waals surface area contributed by atoms with Gasteiger partial charge in [-0.15, -0.1) is 0 Å². The summed E-state index contributed by atoms with van der Waals surface area (Å²) in [6.45, 7) is 5.37. The van der Waals surface area contributed by atoms with Crippen LogP contribution in [0.25, 0.3) is 11.0 Å². The van der Waals surface area contributed by atoms with Crippen molar-refractivity contribution in [1.82, 2.24) is 14.5 Å². The van der Waals surface area contributed by atoms with Crippen molar-refractivity contribution < 1.29 is 33.3 Å². The van der Waals surface area contributed by atoms with E-state index in [0.717, 1.165) is 0 Å². The first-order chi connectivity index (χ1) is 14.7. The van der Waals surface area contributed by atoms with Crippen LogP contribution in [0.4, 0.5) is 5.82 Å². The Balaban J connectivity index is 1.89. The van der Waals surface area contributed by atoms with E-state index in [2.05, 4.69) is 15.0 Å². The van der Waals surface area contributed by atoms with Crippen LogP contribution in [0.5, 0.6) is 0 Å². The van der Waals surface area contributed by atoms with Crippen molar-refractivity contribution in [2.24, 2.45) is 4.99 Å². The molecule has 172 valence electrons. The van der Waals surface area contributed by atoms with Gasteiger partial charge in [0.05, 0.1) is 18.6 Å². The van der Waals surface area contributed by atoms with Crippen molar-refractivity contribution in [3.63, 3.8) is 0 Å².